The molecular weight excluding hydrogens is 310 g/mol. The number of pyridine rings is 1. The van der Waals surface area contributed by atoms with Gasteiger partial charge in [-0.25, -0.2) is 4.98 Å². The Bertz CT molecular complexity index is 714. The second kappa shape index (κ2) is 5.86. The van der Waals surface area contributed by atoms with Gasteiger partial charge in [0, 0.05) is 44.7 Å². The third kappa shape index (κ3) is 2.52. The largest absolute Gasteiger partial charge is 0.354 e. The van der Waals surface area contributed by atoms with Gasteiger partial charge in [0.05, 0.1) is 0 Å². The third-order valence-corrected chi connectivity index (χ3v) is 4.80. The number of nitrogens with zero attached hydrogens (tertiary/aromatic N) is 3. The first kappa shape index (κ1) is 15.1. The van der Waals surface area contributed by atoms with Gasteiger partial charge in [-0.15, -0.1) is 0 Å². The highest BCUT2D eigenvalue weighted by Crippen LogP contribution is 2.28. The van der Waals surface area contributed by atoms with Crippen molar-refractivity contribution >= 4 is 23.5 Å². The maximum Gasteiger partial charge on any atom is 0.273 e. The van der Waals surface area contributed by atoms with Gasteiger partial charge in [0.2, 0.25) is 11.8 Å². The first-order valence-electron chi connectivity index (χ1n) is 8.24. The molecule has 4 heterocycles. The van der Waals surface area contributed by atoms with Gasteiger partial charge in [-0.1, -0.05) is 6.07 Å². The Morgan fingerprint density at radius 2 is 1.92 bits per heavy atom. The van der Waals surface area contributed by atoms with E-state index in [9.17, 15) is 14.4 Å². The van der Waals surface area contributed by atoms with E-state index in [0.29, 0.717) is 18.7 Å². The van der Waals surface area contributed by atoms with Crippen LogP contribution in [0.1, 0.15) is 28.9 Å². The van der Waals surface area contributed by atoms with Crippen molar-refractivity contribution in [1.82, 2.24) is 20.5 Å². The summed E-state index contributed by atoms with van der Waals surface area (Å²) in [5.41, 5.74) is 1.26. The molecule has 3 aliphatic rings. The van der Waals surface area contributed by atoms with Gasteiger partial charge < -0.3 is 15.1 Å². The van der Waals surface area contributed by atoms with Crippen LogP contribution >= 0.6 is 0 Å². The smallest absolute Gasteiger partial charge is 0.273 e. The molecule has 0 radical (unpaired) electrons. The lowest BCUT2D eigenvalue weighted by molar-refractivity contribution is -0.136. The Kier molecular flexibility index (Phi) is 3.68. The average Bonchev–Trinajstić information content (AvgIpc) is 2.92. The van der Waals surface area contributed by atoms with Crippen molar-refractivity contribution in [3.63, 3.8) is 0 Å². The number of hydrogen-bond acceptors (Lipinski definition) is 6. The molecule has 0 aromatic carbocycles. The number of piperazine rings is 1. The molecule has 0 aliphatic carbocycles. The van der Waals surface area contributed by atoms with Gasteiger partial charge in [0.1, 0.15) is 17.6 Å². The average molecular weight is 329 g/mol. The molecule has 1 aromatic heterocycles. The molecule has 2 N–H and O–H groups in total. The van der Waals surface area contributed by atoms with E-state index in [-0.39, 0.29) is 18.2 Å². The molecule has 126 valence electrons. The normalized spacial score (nSPS) is 24.2. The summed E-state index contributed by atoms with van der Waals surface area (Å²) in [6.07, 6.45) is 0.630. The van der Waals surface area contributed by atoms with Crippen molar-refractivity contribution in [3.05, 3.63) is 23.4 Å². The fourth-order valence-corrected chi connectivity index (χ4v) is 3.48. The minimum atomic E-state index is -0.591. The number of hydrogen-bond donors (Lipinski definition) is 2. The Hall–Kier alpha value is -2.48. The molecule has 0 bridgehead atoms. The van der Waals surface area contributed by atoms with Crippen molar-refractivity contribution < 1.29 is 14.4 Å². The molecule has 2 saturated heterocycles. The maximum atomic E-state index is 12.7. The molecule has 0 spiro atoms. The van der Waals surface area contributed by atoms with E-state index in [0.717, 1.165) is 37.6 Å². The number of imide groups is 1. The molecule has 2 fully saturated rings. The van der Waals surface area contributed by atoms with Crippen LogP contribution in [0.25, 0.3) is 0 Å². The SMILES string of the molecule is O=C1CCC(N2Cc3ccc(N4CCNCC4)nc3C2=O)C(=O)N1. The maximum absolute atomic E-state index is 12.7. The number of rotatable bonds is 2. The number of amides is 3. The Balaban J connectivity index is 1.56. The van der Waals surface area contributed by atoms with Crippen LogP contribution in [0.3, 0.4) is 0 Å². The number of aromatic nitrogens is 1. The summed E-state index contributed by atoms with van der Waals surface area (Å²) in [5.74, 6) is -0.0977. The second-order valence-electron chi connectivity index (χ2n) is 6.31. The number of fused-ring (bicyclic) bond motifs is 1. The standard InChI is InChI=1S/C16H19N5O3/c22-13-4-2-11(15(23)19-13)21-9-10-1-3-12(18-14(10)16(21)24)20-7-5-17-6-8-20/h1,3,11,17H,2,4-9H2,(H,19,22,23). The third-order valence-electron chi connectivity index (χ3n) is 4.80. The predicted molar refractivity (Wildman–Crippen MR) is 85.4 cm³/mol. The summed E-state index contributed by atoms with van der Waals surface area (Å²) in [6, 6.07) is 3.27. The number of piperidine rings is 1. The van der Waals surface area contributed by atoms with E-state index >= 15 is 0 Å². The Morgan fingerprint density at radius 1 is 1.12 bits per heavy atom. The van der Waals surface area contributed by atoms with Gasteiger partial charge in [-0.3, -0.25) is 19.7 Å². The van der Waals surface area contributed by atoms with E-state index < -0.39 is 11.9 Å². The summed E-state index contributed by atoms with van der Waals surface area (Å²) in [6.45, 7) is 3.88. The van der Waals surface area contributed by atoms with Crippen molar-refractivity contribution in [2.45, 2.75) is 25.4 Å². The van der Waals surface area contributed by atoms with E-state index in [1.807, 2.05) is 12.1 Å². The number of nitrogens with one attached hydrogen (secondary N) is 2. The lowest BCUT2D eigenvalue weighted by Gasteiger charge is -2.29. The number of carbonyl (C=O) groups excluding carboxylic acids is 3. The summed E-state index contributed by atoms with van der Waals surface area (Å²) >= 11 is 0. The quantitative estimate of drug-likeness (QED) is 0.694. The zero-order valence-corrected chi connectivity index (χ0v) is 13.2. The minimum Gasteiger partial charge on any atom is -0.354 e. The van der Waals surface area contributed by atoms with Gasteiger partial charge >= 0.3 is 0 Å². The van der Waals surface area contributed by atoms with Crippen molar-refractivity contribution in [1.29, 1.82) is 0 Å². The molecule has 4 rings (SSSR count). The summed E-state index contributed by atoms with van der Waals surface area (Å²) in [5, 5.41) is 5.60. The first-order valence-corrected chi connectivity index (χ1v) is 8.24. The van der Waals surface area contributed by atoms with Crippen LogP contribution in [-0.4, -0.2) is 59.8 Å². The van der Waals surface area contributed by atoms with Crippen molar-refractivity contribution in [2.75, 3.05) is 31.1 Å². The van der Waals surface area contributed by atoms with Crippen LogP contribution in [0.15, 0.2) is 12.1 Å². The Labute approximate surface area is 139 Å². The molecule has 1 atom stereocenters. The monoisotopic (exact) mass is 329 g/mol. The summed E-state index contributed by atoms with van der Waals surface area (Å²) in [4.78, 5) is 44.3. The molecule has 1 unspecified atom stereocenters. The zero-order chi connectivity index (χ0) is 16.7. The topological polar surface area (TPSA) is 94.6 Å². The first-order chi connectivity index (χ1) is 11.6. The molecule has 24 heavy (non-hydrogen) atoms. The van der Waals surface area contributed by atoms with Crippen LogP contribution in [0.5, 0.6) is 0 Å². The van der Waals surface area contributed by atoms with E-state index in [1.165, 1.54) is 4.90 Å². The predicted octanol–water partition coefficient (Wildman–Crippen LogP) is -0.748. The van der Waals surface area contributed by atoms with Gasteiger partial charge in [0.15, 0.2) is 0 Å². The molecular formula is C16H19N5O3. The molecule has 8 nitrogen and oxygen atoms in total. The summed E-state index contributed by atoms with van der Waals surface area (Å²) < 4.78 is 0. The fourth-order valence-electron chi connectivity index (χ4n) is 3.48. The highest BCUT2D eigenvalue weighted by atomic mass is 16.2. The van der Waals surface area contributed by atoms with Crippen molar-refractivity contribution in [2.24, 2.45) is 0 Å². The highest BCUT2D eigenvalue weighted by molar-refractivity contribution is 6.04. The van der Waals surface area contributed by atoms with Crippen LogP contribution in [0, 0.1) is 0 Å². The Morgan fingerprint density at radius 3 is 2.67 bits per heavy atom. The van der Waals surface area contributed by atoms with E-state index in [4.69, 9.17) is 0 Å². The summed E-state index contributed by atoms with van der Waals surface area (Å²) in [7, 11) is 0. The lowest BCUT2D eigenvalue weighted by atomic mass is 10.0. The number of carbonyl (C=O) groups is 3. The molecule has 3 aliphatic heterocycles. The van der Waals surface area contributed by atoms with Crippen LogP contribution < -0.4 is 15.5 Å². The van der Waals surface area contributed by atoms with Gasteiger partial charge in [-0.05, 0) is 12.5 Å². The molecule has 8 heteroatoms. The lowest BCUT2D eigenvalue weighted by Crippen LogP contribution is -2.52. The second-order valence-corrected chi connectivity index (χ2v) is 6.31. The molecule has 1 aromatic rings. The minimum absolute atomic E-state index is 0.225. The van der Waals surface area contributed by atoms with Gasteiger partial charge in [0.25, 0.3) is 5.91 Å². The van der Waals surface area contributed by atoms with E-state index in [2.05, 4.69) is 20.5 Å². The molecule has 0 saturated carbocycles. The fraction of sp³-hybridized carbons (Fsp3) is 0.500. The van der Waals surface area contributed by atoms with Crippen LogP contribution in [0.2, 0.25) is 0 Å². The van der Waals surface area contributed by atoms with Crippen LogP contribution in [-0.2, 0) is 16.1 Å². The zero-order valence-electron chi connectivity index (χ0n) is 13.2. The highest BCUT2D eigenvalue weighted by Gasteiger charge is 2.40. The number of anilines is 1. The van der Waals surface area contributed by atoms with Crippen molar-refractivity contribution in [3.8, 4) is 0 Å². The van der Waals surface area contributed by atoms with Crippen LogP contribution in [0.4, 0.5) is 5.82 Å². The molecule has 3 amide bonds. The van der Waals surface area contributed by atoms with E-state index in [1.54, 1.807) is 0 Å². The van der Waals surface area contributed by atoms with Gasteiger partial charge in [-0.2, -0.15) is 0 Å².